The van der Waals surface area contributed by atoms with Gasteiger partial charge in [0.15, 0.2) is 0 Å². The van der Waals surface area contributed by atoms with E-state index in [1.165, 1.54) is 12.8 Å². The van der Waals surface area contributed by atoms with Crippen LogP contribution in [0.2, 0.25) is 0 Å². The summed E-state index contributed by atoms with van der Waals surface area (Å²) in [7, 11) is 1.61. The van der Waals surface area contributed by atoms with E-state index >= 15 is 0 Å². The Morgan fingerprint density at radius 3 is 2.72 bits per heavy atom. The molecule has 2 aliphatic rings. The van der Waals surface area contributed by atoms with Crippen LogP contribution in [0.4, 0.5) is 5.82 Å². The van der Waals surface area contributed by atoms with Gasteiger partial charge in [0.2, 0.25) is 0 Å². The molecule has 2 fully saturated rings. The van der Waals surface area contributed by atoms with Gasteiger partial charge in [-0.05, 0) is 38.8 Å². The number of carbonyl (C=O) groups excluding carboxylic acids is 1. The normalized spacial score (nSPS) is 21.5. The van der Waals surface area contributed by atoms with Crippen molar-refractivity contribution >= 4 is 11.7 Å². The first-order valence-electron chi connectivity index (χ1n) is 9.11. The number of amides is 1. The molecule has 0 bridgehead atoms. The molecule has 1 aliphatic heterocycles. The molecule has 1 aromatic heterocycles. The smallest absolute Gasteiger partial charge is 0.252 e. The predicted octanol–water partition coefficient (Wildman–Crippen LogP) is 2.39. The van der Waals surface area contributed by atoms with Gasteiger partial charge >= 0.3 is 0 Å². The molecule has 6 heteroatoms. The first kappa shape index (κ1) is 18.1. The summed E-state index contributed by atoms with van der Waals surface area (Å²) in [5.41, 5.74) is 0.336. The first-order valence-corrected chi connectivity index (χ1v) is 9.11. The maximum Gasteiger partial charge on any atom is 0.252 e. The van der Waals surface area contributed by atoms with E-state index in [0.717, 1.165) is 31.7 Å². The number of nitrogens with one attached hydrogen (secondary N) is 1. The summed E-state index contributed by atoms with van der Waals surface area (Å²) in [5, 5.41) is 2.81. The number of nitrogens with zero attached hydrogens (tertiary/aromatic N) is 2. The molecule has 1 spiro atoms. The van der Waals surface area contributed by atoms with Crippen LogP contribution < -0.4 is 10.2 Å². The summed E-state index contributed by atoms with van der Waals surface area (Å²) < 4.78 is 11.4. The van der Waals surface area contributed by atoms with E-state index in [9.17, 15) is 4.79 Å². The Labute approximate surface area is 149 Å². The van der Waals surface area contributed by atoms with Crippen molar-refractivity contribution in [3.8, 4) is 0 Å². The largest absolute Gasteiger partial charge is 0.383 e. The number of pyridine rings is 1. The van der Waals surface area contributed by atoms with E-state index in [1.54, 1.807) is 13.3 Å². The monoisotopic (exact) mass is 347 g/mol. The summed E-state index contributed by atoms with van der Waals surface area (Å²) in [6.07, 6.45) is 6.36. The second-order valence-electron chi connectivity index (χ2n) is 7.76. The molecule has 0 atom stereocenters. The molecule has 3 rings (SSSR count). The molecule has 1 aromatic rings. The van der Waals surface area contributed by atoms with Crippen LogP contribution in [0.25, 0.3) is 0 Å². The molecule has 2 heterocycles. The minimum absolute atomic E-state index is 0.0420. The summed E-state index contributed by atoms with van der Waals surface area (Å²) in [5.74, 6) is 0.793. The zero-order chi connectivity index (χ0) is 17.9. The molecule has 138 valence electrons. The number of hydrogen-bond acceptors (Lipinski definition) is 5. The highest BCUT2D eigenvalue weighted by Crippen LogP contribution is 2.41. The van der Waals surface area contributed by atoms with Crippen LogP contribution in [0, 0.1) is 0 Å². The zero-order valence-corrected chi connectivity index (χ0v) is 15.5. The number of methoxy groups -OCH3 is 1. The van der Waals surface area contributed by atoms with E-state index in [2.05, 4.69) is 29.0 Å². The van der Waals surface area contributed by atoms with E-state index in [0.29, 0.717) is 18.7 Å². The van der Waals surface area contributed by atoms with E-state index in [-0.39, 0.29) is 17.1 Å². The van der Waals surface area contributed by atoms with Crippen LogP contribution in [0.5, 0.6) is 0 Å². The third-order valence-electron chi connectivity index (χ3n) is 4.98. The lowest BCUT2D eigenvalue weighted by molar-refractivity contribution is -0.148. The molecule has 1 aliphatic carbocycles. The number of morpholine rings is 1. The minimum atomic E-state index is -0.194. The fourth-order valence-electron chi connectivity index (χ4n) is 4.03. The van der Waals surface area contributed by atoms with Crippen molar-refractivity contribution in [1.29, 1.82) is 0 Å². The summed E-state index contributed by atoms with van der Waals surface area (Å²) in [4.78, 5) is 18.9. The Kier molecular flexibility index (Phi) is 5.29. The van der Waals surface area contributed by atoms with Gasteiger partial charge in [-0.3, -0.25) is 4.79 Å². The van der Waals surface area contributed by atoms with Crippen molar-refractivity contribution in [1.82, 2.24) is 10.3 Å². The maximum absolute atomic E-state index is 12.1. The van der Waals surface area contributed by atoms with Gasteiger partial charge in [0, 0.05) is 32.9 Å². The fourth-order valence-corrected chi connectivity index (χ4v) is 4.03. The molecule has 25 heavy (non-hydrogen) atoms. The second-order valence-corrected chi connectivity index (χ2v) is 7.76. The molecule has 1 amide bonds. The Bertz CT molecular complexity index is 594. The fraction of sp³-hybridized carbons (Fsp3) is 0.684. The quantitative estimate of drug-likeness (QED) is 0.829. The molecular formula is C19H29N3O3. The lowest BCUT2D eigenvalue weighted by atomic mass is 9.94. The van der Waals surface area contributed by atoms with Gasteiger partial charge in [0.25, 0.3) is 5.91 Å². The predicted molar refractivity (Wildman–Crippen MR) is 97.0 cm³/mol. The third kappa shape index (κ3) is 4.30. The average Bonchev–Trinajstić information content (AvgIpc) is 3.00. The van der Waals surface area contributed by atoms with Crippen molar-refractivity contribution in [2.45, 2.75) is 50.7 Å². The molecule has 0 radical (unpaired) electrons. The maximum atomic E-state index is 12.1. The highest BCUT2D eigenvalue weighted by atomic mass is 16.5. The molecule has 1 N–H and O–H groups in total. The Morgan fingerprint density at radius 1 is 1.32 bits per heavy atom. The minimum Gasteiger partial charge on any atom is -0.383 e. The third-order valence-corrected chi connectivity index (χ3v) is 4.98. The number of rotatable bonds is 5. The zero-order valence-electron chi connectivity index (χ0n) is 15.5. The summed E-state index contributed by atoms with van der Waals surface area (Å²) in [6, 6.07) is 3.78. The Morgan fingerprint density at radius 2 is 2.08 bits per heavy atom. The molecule has 1 saturated carbocycles. The van der Waals surface area contributed by atoms with Crippen LogP contribution in [0.3, 0.4) is 0 Å². The van der Waals surface area contributed by atoms with Gasteiger partial charge in [-0.1, -0.05) is 12.8 Å². The highest BCUT2D eigenvalue weighted by molar-refractivity contribution is 5.94. The number of carbonyl (C=O) groups is 1. The molecule has 0 unspecified atom stereocenters. The molecular weight excluding hydrogens is 318 g/mol. The van der Waals surface area contributed by atoms with Gasteiger partial charge in [0.1, 0.15) is 5.82 Å². The van der Waals surface area contributed by atoms with E-state index in [4.69, 9.17) is 9.47 Å². The van der Waals surface area contributed by atoms with Gasteiger partial charge in [-0.2, -0.15) is 0 Å². The standard InChI is InChI=1S/C19H29N3O3/c1-18(2)13-22(14-19(25-18)8-4-5-9-19)16-7-6-15(12-21-16)17(23)20-10-11-24-3/h6-7,12H,4-5,8-11,13-14H2,1-3H3,(H,20,23). The van der Waals surface area contributed by atoms with Gasteiger partial charge in [-0.25, -0.2) is 4.98 Å². The summed E-state index contributed by atoms with van der Waals surface area (Å²) in [6.45, 7) is 6.98. The number of ether oxygens (including phenoxy) is 2. The van der Waals surface area contributed by atoms with Crippen molar-refractivity contribution in [3.05, 3.63) is 23.9 Å². The van der Waals surface area contributed by atoms with Gasteiger partial charge < -0.3 is 19.7 Å². The van der Waals surface area contributed by atoms with Crippen molar-refractivity contribution in [2.75, 3.05) is 38.3 Å². The van der Waals surface area contributed by atoms with Crippen molar-refractivity contribution in [3.63, 3.8) is 0 Å². The molecule has 0 aromatic carbocycles. The van der Waals surface area contributed by atoms with E-state index in [1.807, 2.05) is 12.1 Å². The Balaban J connectivity index is 1.69. The average molecular weight is 347 g/mol. The van der Waals surface area contributed by atoms with Gasteiger partial charge in [-0.15, -0.1) is 0 Å². The SMILES string of the molecule is COCCNC(=O)c1ccc(N2CC(C)(C)OC3(CCCC3)C2)nc1. The highest BCUT2D eigenvalue weighted by Gasteiger charge is 2.46. The number of aromatic nitrogens is 1. The van der Waals surface area contributed by atoms with Gasteiger partial charge in [0.05, 0.1) is 23.4 Å². The molecule has 1 saturated heterocycles. The topological polar surface area (TPSA) is 63.7 Å². The molecule has 6 nitrogen and oxygen atoms in total. The van der Waals surface area contributed by atoms with Crippen LogP contribution >= 0.6 is 0 Å². The van der Waals surface area contributed by atoms with Crippen LogP contribution in [0.15, 0.2) is 18.3 Å². The van der Waals surface area contributed by atoms with E-state index < -0.39 is 0 Å². The lowest BCUT2D eigenvalue weighted by Crippen LogP contribution is -2.59. The number of anilines is 1. The Hall–Kier alpha value is -1.66. The van der Waals surface area contributed by atoms with Crippen molar-refractivity contribution < 1.29 is 14.3 Å². The second kappa shape index (κ2) is 7.30. The van der Waals surface area contributed by atoms with Crippen LogP contribution in [-0.4, -0.2) is 55.4 Å². The van der Waals surface area contributed by atoms with Crippen LogP contribution in [-0.2, 0) is 9.47 Å². The van der Waals surface area contributed by atoms with Crippen LogP contribution in [0.1, 0.15) is 49.9 Å². The van der Waals surface area contributed by atoms with Crippen molar-refractivity contribution in [2.24, 2.45) is 0 Å². The lowest BCUT2D eigenvalue weighted by Gasteiger charge is -2.49. The first-order chi connectivity index (χ1) is 11.9. The number of hydrogen-bond donors (Lipinski definition) is 1. The summed E-state index contributed by atoms with van der Waals surface area (Å²) >= 11 is 0.